The number of hydrogen-bond acceptors (Lipinski definition) is 3. The molecule has 0 atom stereocenters. The molecule has 2 aromatic carbocycles. The Morgan fingerprint density at radius 3 is 2.38 bits per heavy atom. The van der Waals surface area contributed by atoms with Crippen molar-refractivity contribution in [2.75, 3.05) is 42.9 Å². The van der Waals surface area contributed by atoms with E-state index in [0.717, 1.165) is 49.5 Å². The van der Waals surface area contributed by atoms with Crippen LogP contribution in [0.25, 0.3) is 0 Å². The fourth-order valence-electron chi connectivity index (χ4n) is 3.58. The van der Waals surface area contributed by atoms with E-state index in [0.29, 0.717) is 6.42 Å². The van der Waals surface area contributed by atoms with Gasteiger partial charge in [0.1, 0.15) is 0 Å². The average molecular weight is 351 g/mol. The molecule has 1 aliphatic heterocycles. The fraction of sp³-hybridized carbons (Fsp3) is 0.409. The predicted molar refractivity (Wildman–Crippen MR) is 109 cm³/mol. The van der Waals surface area contributed by atoms with Crippen molar-refractivity contribution in [2.45, 2.75) is 27.2 Å². The minimum absolute atomic E-state index is 0.0306. The van der Waals surface area contributed by atoms with Crippen LogP contribution in [-0.2, 0) is 11.2 Å². The van der Waals surface area contributed by atoms with Crippen molar-refractivity contribution in [1.29, 1.82) is 0 Å². The molecule has 4 nitrogen and oxygen atoms in total. The molecule has 2 aromatic rings. The maximum Gasteiger partial charge on any atom is 0.228 e. The summed E-state index contributed by atoms with van der Waals surface area (Å²) in [6.45, 7) is 11.9. The molecule has 0 saturated carbocycles. The van der Waals surface area contributed by atoms with Crippen LogP contribution < -0.4 is 10.2 Å². The summed E-state index contributed by atoms with van der Waals surface area (Å²) in [5, 5.41) is 3.04. The van der Waals surface area contributed by atoms with E-state index in [-0.39, 0.29) is 5.91 Å². The lowest BCUT2D eigenvalue weighted by Gasteiger charge is -2.36. The third-order valence-electron chi connectivity index (χ3n) is 5.25. The van der Waals surface area contributed by atoms with Gasteiger partial charge in [0.25, 0.3) is 0 Å². The first kappa shape index (κ1) is 18.5. The summed E-state index contributed by atoms with van der Waals surface area (Å²) in [4.78, 5) is 17.3. The van der Waals surface area contributed by atoms with E-state index in [9.17, 15) is 4.79 Å². The van der Waals surface area contributed by atoms with Crippen LogP contribution in [0.5, 0.6) is 0 Å². The monoisotopic (exact) mass is 351 g/mol. The normalized spacial score (nSPS) is 15.1. The number of anilines is 2. The molecule has 0 aliphatic carbocycles. The quantitative estimate of drug-likeness (QED) is 0.893. The lowest BCUT2D eigenvalue weighted by atomic mass is 10.1. The van der Waals surface area contributed by atoms with Crippen molar-refractivity contribution in [3.8, 4) is 0 Å². The summed E-state index contributed by atoms with van der Waals surface area (Å²) < 4.78 is 0. The molecule has 138 valence electrons. The van der Waals surface area contributed by atoms with E-state index in [1.165, 1.54) is 11.3 Å². The number of hydrogen-bond donors (Lipinski definition) is 1. The van der Waals surface area contributed by atoms with Crippen molar-refractivity contribution in [2.24, 2.45) is 0 Å². The smallest absolute Gasteiger partial charge is 0.228 e. The van der Waals surface area contributed by atoms with E-state index in [1.807, 2.05) is 37.3 Å². The Labute approximate surface area is 156 Å². The zero-order valence-electron chi connectivity index (χ0n) is 16.1. The maximum absolute atomic E-state index is 12.4. The molecule has 1 N–H and O–H groups in total. The molecule has 1 fully saturated rings. The molecule has 0 unspecified atom stereocenters. The Morgan fingerprint density at radius 2 is 1.73 bits per heavy atom. The molecule has 1 saturated heterocycles. The van der Waals surface area contributed by atoms with Gasteiger partial charge >= 0.3 is 0 Å². The second-order valence-electron chi connectivity index (χ2n) is 7.07. The summed E-state index contributed by atoms with van der Waals surface area (Å²) in [5.41, 5.74) is 5.59. The number of nitrogens with zero attached hydrogens (tertiary/aromatic N) is 2. The second-order valence-corrected chi connectivity index (χ2v) is 7.07. The lowest BCUT2D eigenvalue weighted by Crippen LogP contribution is -2.46. The molecule has 26 heavy (non-hydrogen) atoms. The summed E-state index contributed by atoms with van der Waals surface area (Å²) >= 11 is 0. The minimum Gasteiger partial charge on any atom is -0.369 e. The maximum atomic E-state index is 12.4. The lowest BCUT2D eigenvalue weighted by molar-refractivity contribution is -0.115. The summed E-state index contributed by atoms with van der Waals surface area (Å²) in [7, 11) is 0. The van der Waals surface area contributed by atoms with Crippen LogP contribution >= 0.6 is 0 Å². The SMILES string of the molecule is CCN1CCN(c2ccc(NC(=O)Cc3ccccc3C)cc2C)CC1. The molecule has 0 aromatic heterocycles. The van der Waals surface area contributed by atoms with Gasteiger partial charge in [-0.15, -0.1) is 0 Å². The van der Waals surface area contributed by atoms with Crippen LogP contribution in [0.15, 0.2) is 42.5 Å². The highest BCUT2D eigenvalue weighted by Crippen LogP contribution is 2.25. The van der Waals surface area contributed by atoms with Gasteiger partial charge in [0, 0.05) is 37.6 Å². The molecule has 0 spiro atoms. The van der Waals surface area contributed by atoms with Crippen molar-refractivity contribution in [1.82, 2.24) is 4.90 Å². The predicted octanol–water partition coefficient (Wildman–Crippen LogP) is 3.63. The van der Waals surface area contributed by atoms with Crippen LogP contribution in [0.1, 0.15) is 23.6 Å². The van der Waals surface area contributed by atoms with E-state index >= 15 is 0 Å². The van der Waals surface area contributed by atoms with Crippen molar-refractivity contribution in [3.05, 3.63) is 59.2 Å². The molecule has 1 amide bonds. The molecule has 3 rings (SSSR count). The molecule has 1 heterocycles. The Hall–Kier alpha value is -2.33. The summed E-state index contributed by atoms with van der Waals surface area (Å²) in [6.07, 6.45) is 0.409. The van der Waals surface area contributed by atoms with Crippen LogP contribution in [0.2, 0.25) is 0 Å². The third kappa shape index (κ3) is 4.44. The van der Waals surface area contributed by atoms with Crippen LogP contribution in [-0.4, -0.2) is 43.5 Å². The van der Waals surface area contributed by atoms with Crippen molar-refractivity contribution in [3.63, 3.8) is 0 Å². The summed E-state index contributed by atoms with van der Waals surface area (Å²) in [5.74, 6) is 0.0306. The van der Waals surface area contributed by atoms with Gasteiger partial charge in [-0.1, -0.05) is 31.2 Å². The molecular formula is C22H29N3O. The van der Waals surface area contributed by atoms with Crippen LogP contribution in [0.4, 0.5) is 11.4 Å². The van der Waals surface area contributed by atoms with Crippen LogP contribution in [0, 0.1) is 13.8 Å². The van der Waals surface area contributed by atoms with Gasteiger partial charge in [-0.3, -0.25) is 4.79 Å². The van der Waals surface area contributed by atoms with E-state index < -0.39 is 0 Å². The number of piperazine rings is 1. The van der Waals surface area contributed by atoms with Gasteiger partial charge < -0.3 is 15.1 Å². The highest BCUT2D eigenvalue weighted by Gasteiger charge is 2.17. The summed E-state index contributed by atoms with van der Waals surface area (Å²) in [6, 6.07) is 14.3. The highest BCUT2D eigenvalue weighted by molar-refractivity contribution is 5.92. The Kier molecular flexibility index (Phi) is 5.94. The average Bonchev–Trinajstić information content (AvgIpc) is 2.64. The van der Waals surface area contributed by atoms with Gasteiger partial charge in [0.05, 0.1) is 6.42 Å². The van der Waals surface area contributed by atoms with Gasteiger partial charge in [0.2, 0.25) is 5.91 Å². The van der Waals surface area contributed by atoms with Crippen molar-refractivity contribution >= 4 is 17.3 Å². The molecule has 4 heteroatoms. The first-order chi connectivity index (χ1) is 12.6. The van der Waals surface area contributed by atoms with E-state index in [1.54, 1.807) is 0 Å². The number of aryl methyl sites for hydroxylation is 2. The largest absolute Gasteiger partial charge is 0.369 e. The number of nitrogens with one attached hydrogen (secondary N) is 1. The van der Waals surface area contributed by atoms with Gasteiger partial charge in [-0.25, -0.2) is 0 Å². The van der Waals surface area contributed by atoms with E-state index in [2.05, 4.69) is 41.1 Å². The molecule has 1 aliphatic rings. The number of likely N-dealkylation sites (N-methyl/N-ethyl adjacent to an activating group) is 1. The third-order valence-corrected chi connectivity index (χ3v) is 5.25. The van der Waals surface area contributed by atoms with Crippen molar-refractivity contribution < 1.29 is 4.79 Å². The number of benzene rings is 2. The number of carbonyl (C=O) groups excluding carboxylic acids is 1. The Morgan fingerprint density at radius 1 is 1.00 bits per heavy atom. The molecule has 0 bridgehead atoms. The molecular weight excluding hydrogens is 322 g/mol. The first-order valence-corrected chi connectivity index (χ1v) is 9.49. The highest BCUT2D eigenvalue weighted by atomic mass is 16.1. The first-order valence-electron chi connectivity index (χ1n) is 9.49. The fourth-order valence-corrected chi connectivity index (χ4v) is 3.58. The van der Waals surface area contributed by atoms with Gasteiger partial charge in [0.15, 0.2) is 0 Å². The number of rotatable bonds is 5. The van der Waals surface area contributed by atoms with Gasteiger partial charge in [-0.05, 0) is 55.3 Å². The Bertz CT molecular complexity index is 764. The van der Waals surface area contributed by atoms with Gasteiger partial charge in [-0.2, -0.15) is 0 Å². The number of amides is 1. The molecule has 0 radical (unpaired) electrons. The zero-order valence-corrected chi connectivity index (χ0v) is 16.1. The second kappa shape index (κ2) is 8.37. The Balaban J connectivity index is 1.62. The van der Waals surface area contributed by atoms with Crippen LogP contribution in [0.3, 0.4) is 0 Å². The van der Waals surface area contributed by atoms with E-state index in [4.69, 9.17) is 0 Å². The zero-order chi connectivity index (χ0) is 18.5. The topological polar surface area (TPSA) is 35.6 Å². The minimum atomic E-state index is 0.0306. The number of carbonyl (C=O) groups is 1. The standard InChI is InChI=1S/C22H29N3O/c1-4-24-11-13-25(14-12-24)21-10-9-20(15-18(21)3)23-22(26)16-19-8-6-5-7-17(19)2/h5-10,15H,4,11-14,16H2,1-3H3,(H,23,26).